The van der Waals surface area contributed by atoms with Crippen molar-refractivity contribution in [2.24, 2.45) is 0 Å². The third-order valence-corrected chi connectivity index (χ3v) is 6.58. The average molecular weight is 318 g/mol. The van der Waals surface area contributed by atoms with Gasteiger partial charge >= 0.3 is 5.97 Å². The van der Waals surface area contributed by atoms with Crippen molar-refractivity contribution >= 4 is 32.3 Å². The molecule has 20 heavy (non-hydrogen) atoms. The molecule has 0 saturated carbocycles. The number of hydrogen-bond donors (Lipinski definition) is 0. The van der Waals surface area contributed by atoms with Crippen molar-refractivity contribution in [3.8, 4) is 0 Å². The number of nitrogens with zero attached hydrogens (tertiary/aromatic N) is 2. The molecule has 1 aromatic rings. The van der Waals surface area contributed by atoms with E-state index in [0.717, 1.165) is 0 Å². The molecule has 1 fully saturated rings. The molecular formula is C12H18N2O4S2. The second-order valence-corrected chi connectivity index (χ2v) is 8.27. The van der Waals surface area contributed by atoms with Gasteiger partial charge < -0.3 is 9.64 Å². The highest BCUT2D eigenvalue weighted by Gasteiger charge is 2.31. The van der Waals surface area contributed by atoms with Crippen molar-refractivity contribution in [3.63, 3.8) is 0 Å². The number of hydrogen-bond acceptors (Lipinski definition) is 7. The second kappa shape index (κ2) is 5.69. The number of esters is 1. The van der Waals surface area contributed by atoms with E-state index in [9.17, 15) is 13.2 Å². The van der Waals surface area contributed by atoms with Gasteiger partial charge in [0.25, 0.3) is 0 Å². The monoisotopic (exact) mass is 318 g/mol. The van der Waals surface area contributed by atoms with Gasteiger partial charge in [-0.25, -0.2) is 18.2 Å². The second-order valence-electron chi connectivity index (χ2n) is 4.76. The molecule has 0 bridgehead atoms. The zero-order valence-electron chi connectivity index (χ0n) is 11.7. The third kappa shape index (κ3) is 2.95. The first-order chi connectivity index (χ1) is 9.35. The van der Waals surface area contributed by atoms with Crippen LogP contribution in [-0.4, -0.2) is 50.1 Å². The molecule has 0 amide bonds. The Balaban J connectivity index is 2.19. The van der Waals surface area contributed by atoms with Crippen LogP contribution in [0.15, 0.2) is 0 Å². The summed E-state index contributed by atoms with van der Waals surface area (Å²) in [6.45, 7) is 6.38. The minimum atomic E-state index is -2.99. The molecule has 0 N–H and O–H groups in total. The molecular weight excluding hydrogens is 300 g/mol. The third-order valence-electron chi connectivity index (χ3n) is 3.25. The van der Waals surface area contributed by atoms with E-state index in [1.165, 1.54) is 11.3 Å². The molecule has 6 nitrogen and oxygen atoms in total. The maximum absolute atomic E-state index is 11.8. The summed E-state index contributed by atoms with van der Waals surface area (Å²) in [5.41, 5.74) is 0.629. The van der Waals surface area contributed by atoms with Gasteiger partial charge in [0.1, 0.15) is 4.88 Å². The van der Waals surface area contributed by atoms with Crippen molar-refractivity contribution in [1.29, 1.82) is 0 Å². The van der Waals surface area contributed by atoms with Crippen LogP contribution in [0.3, 0.4) is 0 Å². The highest BCUT2D eigenvalue weighted by atomic mass is 32.2. The lowest BCUT2D eigenvalue weighted by atomic mass is 10.4. The summed E-state index contributed by atoms with van der Waals surface area (Å²) in [4.78, 5) is 18.5. The molecule has 0 aliphatic carbocycles. The van der Waals surface area contributed by atoms with Crippen molar-refractivity contribution in [2.75, 3.05) is 30.3 Å². The first kappa shape index (κ1) is 15.2. The summed E-state index contributed by atoms with van der Waals surface area (Å²) >= 11 is 1.26. The number of aromatic nitrogens is 1. The zero-order valence-corrected chi connectivity index (χ0v) is 13.4. The fourth-order valence-corrected chi connectivity index (χ4v) is 4.31. The molecule has 0 radical (unpaired) electrons. The first-order valence-corrected chi connectivity index (χ1v) is 8.99. The lowest BCUT2D eigenvalue weighted by Crippen LogP contribution is -2.45. The molecule has 1 aliphatic heterocycles. The summed E-state index contributed by atoms with van der Waals surface area (Å²) in [6.07, 6.45) is 0. The van der Waals surface area contributed by atoms with Crippen LogP contribution >= 0.6 is 11.3 Å². The molecule has 112 valence electrons. The fourth-order valence-electron chi connectivity index (χ4n) is 2.03. The van der Waals surface area contributed by atoms with E-state index in [-0.39, 0.29) is 11.7 Å². The molecule has 8 heteroatoms. The molecule has 0 aromatic carbocycles. The van der Waals surface area contributed by atoms with Gasteiger partial charge in [0.15, 0.2) is 15.0 Å². The minimum Gasteiger partial charge on any atom is -0.462 e. The van der Waals surface area contributed by atoms with Gasteiger partial charge in [-0.15, -0.1) is 0 Å². The first-order valence-electron chi connectivity index (χ1n) is 6.46. The van der Waals surface area contributed by atoms with Crippen molar-refractivity contribution in [2.45, 2.75) is 26.0 Å². The smallest absolute Gasteiger partial charge is 0.350 e. The van der Waals surface area contributed by atoms with Crippen molar-refractivity contribution in [3.05, 3.63) is 10.6 Å². The lowest BCUT2D eigenvalue weighted by Gasteiger charge is -2.30. The van der Waals surface area contributed by atoms with Crippen LogP contribution in [0.1, 0.15) is 29.2 Å². The maximum atomic E-state index is 11.8. The average Bonchev–Trinajstić information content (AvgIpc) is 2.75. The maximum Gasteiger partial charge on any atom is 0.350 e. The predicted octanol–water partition coefficient (Wildman–Crippen LogP) is 1.25. The van der Waals surface area contributed by atoms with Crippen molar-refractivity contribution < 1.29 is 17.9 Å². The van der Waals surface area contributed by atoms with Gasteiger partial charge in [-0.3, -0.25) is 0 Å². The number of carbonyl (C=O) groups is 1. The number of anilines is 1. The van der Waals surface area contributed by atoms with E-state index < -0.39 is 15.1 Å². The molecule has 1 aliphatic rings. The molecule has 2 rings (SSSR count). The van der Waals surface area contributed by atoms with Gasteiger partial charge in [0.2, 0.25) is 0 Å². The summed E-state index contributed by atoms with van der Waals surface area (Å²) < 4.78 is 28.4. The Morgan fingerprint density at radius 3 is 2.85 bits per heavy atom. The van der Waals surface area contributed by atoms with Crippen LogP contribution in [0.25, 0.3) is 0 Å². The van der Waals surface area contributed by atoms with Crippen LogP contribution in [0.5, 0.6) is 0 Å². The van der Waals surface area contributed by atoms with E-state index in [0.29, 0.717) is 35.4 Å². The molecule has 2 heterocycles. The normalized spacial score (nSPS) is 21.8. The number of sulfone groups is 1. The Morgan fingerprint density at radius 1 is 1.55 bits per heavy atom. The Hall–Kier alpha value is -1.15. The number of carbonyl (C=O) groups excluding carboxylic acids is 1. The van der Waals surface area contributed by atoms with Crippen molar-refractivity contribution in [1.82, 2.24) is 4.98 Å². The van der Waals surface area contributed by atoms with Gasteiger partial charge in [-0.2, -0.15) is 0 Å². The quantitative estimate of drug-likeness (QED) is 0.781. The lowest BCUT2D eigenvalue weighted by molar-refractivity contribution is 0.0531. The summed E-state index contributed by atoms with van der Waals surface area (Å²) in [5, 5.41) is 0.277. The topological polar surface area (TPSA) is 76.6 Å². The van der Waals surface area contributed by atoms with Crippen LogP contribution in [-0.2, 0) is 14.6 Å². The molecule has 0 spiro atoms. The highest BCUT2D eigenvalue weighted by Crippen LogP contribution is 2.29. The molecule has 1 atom stereocenters. The van der Waals surface area contributed by atoms with Crippen LogP contribution in [0.2, 0.25) is 0 Å². The van der Waals surface area contributed by atoms with E-state index in [2.05, 4.69) is 4.98 Å². The largest absolute Gasteiger partial charge is 0.462 e. The highest BCUT2D eigenvalue weighted by molar-refractivity contribution is 7.92. The SMILES string of the molecule is CCOC(=O)c1sc(N2CCS(=O)(=O)C(C)C2)nc1C. The van der Waals surface area contributed by atoms with Gasteiger partial charge in [0, 0.05) is 13.1 Å². The summed E-state index contributed by atoms with van der Waals surface area (Å²) in [6, 6.07) is 0. The Kier molecular flexibility index (Phi) is 4.33. The molecule has 1 aromatic heterocycles. The van der Waals surface area contributed by atoms with Crippen LogP contribution < -0.4 is 4.90 Å². The van der Waals surface area contributed by atoms with Gasteiger partial charge in [0.05, 0.1) is 23.3 Å². The predicted molar refractivity (Wildman–Crippen MR) is 78.3 cm³/mol. The Morgan fingerprint density at radius 2 is 2.25 bits per heavy atom. The molecule has 1 saturated heterocycles. The van der Waals surface area contributed by atoms with Gasteiger partial charge in [-0.1, -0.05) is 11.3 Å². The zero-order chi connectivity index (χ0) is 14.9. The van der Waals surface area contributed by atoms with E-state index >= 15 is 0 Å². The number of rotatable bonds is 3. The summed E-state index contributed by atoms with van der Waals surface area (Å²) in [5.74, 6) is -0.243. The summed E-state index contributed by atoms with van der Waals surface area (Å²) in [7, 11) is -2.99. The fraction of sp³-hybridized carbons (Fsp3) is 0.667. The van der Waals surface area contributed by atoms with E-state index in [1.54, 1.807) is 20.8 Å². The Labute approximate surface area is 122 Å². The number of aryl methyl sites for hydroxylation is 1. The minimum absolute atomic E-state index is 0.127. The number of thiazole rings is 1. The number of ether oxygens (including phenoxy) is 1. The van der Waals surface area contributed by atoms with E-state index in [1.807, 2.05) is 4.90 Å². The molecule has 1 unspecified atom stereocenters. The van der Waals surface area contributed by atoms with Gasteiger partial charge in [-0.05, 0) is 20.8 Å². The van der Waals surface area contributed by atoms with Crippen LogP contribution in [0.4, 0.5) is 5.13 Å². The Bertz CT molecular complexity index is 609. The standard InChI is InChI=1S/C12H18N2O4S2/c1-4-18-11(15)10-9(3)13-12(19-10)14-5-6-20(16,17)8(2)7-14/h8H,4-7H2,1-3H3. The van der Waals surface area contributed by atoms with E-state index in [4.69, 9.17) is 4.74 Å². The van der Waals surface area contributed by atoms with Crippen LogP contribution in [0, 0.1) is 6.92 Å².